The van der Waals surface area contributed by atoms with E-state index in [1.165, 1.54) is 12.1 Å². The third-order valence-corrected chi connectivity index (χ3v) is 5.22. The molecular formula is C20H16Cl3N3O4. The lowest BCUT2D eigenvalue weighted by Gasteiger charge is -2.15. The van der Waals surface area contributed by atoms with Crippen molar-refractivity contribution < 1.29 is 9.72 Å². The number of nitro benzene ring substituents is 1. The molecule has 1 heterocycles. The Hall–Kier alpha value is -2.61. The number of Topliss-reactive ketones (excluding diaryl/α,β-unsaturated/α-hetero) is 1. The molecule has 2 aromatic carbocycles. The van der Waals surface area contributed by atoms with E-state index in [2.05, 4.69) is 10.3 Å². The third-order valence-electron chi connectivity index (χ3n) is 4.34. The predicted octanol–water partition coefficient (Wildman–Crippen LogP) is 6.37. The van der Waals surface area contributed by atoms with Crippen molar-refractivity contribution in [3.05, 3.63) is 71.3 Å². The second kappa shape index (κ2) is 8.63. The van der Waals surface area contributed by atoms with Gasteiger partial charge in [0.15, 0.2) is 5.78 Å². The number of hydrogen-bond donors (Lipinski definition) is 2. The lowest BCUT2D eigenvalue weighted by atomic mass is 9.99. The molecule has 0 fully saturated rings. The minimum absolute atomic E-state index is 0.0321. The first-order chi connectivity index (χ1) is 14.1. The van der Waals surface area contributed by atoms with Crippen molar-refractivity contribution in [3.8, 4) is 0 Å². The topological polar surface area (TPSA) is 105 Å². The van der Waals surface area contributed by atoms with Gasteiger partial charge in [-0.1, -0.05) is 48.7 Å². The van der Waals surface area contributed by atoms with E-state index < -0.39 is 21.8 Å². The van der Waals surface area contributed by atoms with Crippen LogP contribution in [0.15, 0.2) is 35.1 Å². The molecule has 3 aromatic rings. The van der Waals surface area contributed by atoms with Gasteiger partial charge in [-0.05, 0) is 30.2 Å². The summed E-state index contributed by atoms with van der Waals surface area (Å²) >= 11 is 18.4. The summed E-state index contributed by atoms with van der Waals surface area (Å²) in [7, 11) is 0. The molecular weight excluding hydrogens is 453 g/mol. The summed E-state index contributed by atoms with van der Waals surface area (Å²) in [5.41, 5.74) is -1.08. The number of carbonyl (C=O) groups is 1. The van der Waals surface area contributed by atoms with Gasteiger partial charge >= 0.3 is 0 Å². The maximum absolute atomic E-state index is 13.3. The summed E-state index contributed by atoms with van der Waals surface area (Å²) in [6.45, 7) is 3.65. The number of nitrogens with zero attached hydrogens (tertiary/aromatic N) is 1. The molecule has 0 unspecified atom stereocenters. The van der Waals surface area contributed by atoms with E-state index in [-0.39, 0.29) is 39.6 Å². The Labute approximate surface area is 186 Å². The Morgan fingerprint density at radius 1 is 1.17 bits per heavy atom. The molecule has 10 heteroatoms. The highest BCUT2D eigenvalue weighted by Gasteiger charge is 2.26. The standard InChI is InChI=1S/C20H16Cl3N3O4/c1-9(2)7-15(27)17-19(28)16-14(26(29)30)6-5-12(23)18(16)25-20(17)24-13-8-10(21)3-4-11(13)22/h3-6,8-9H,7H2,1-2H3,(H2,24,25,28). The zero-order valence-corrected chi connectivity index (χ0v) is 18.2. The molecule has 0 spiro atoms. The van der Waals surface area contributed by atoms with Crippen LogP contribution in [0.4, 0.5) is 17.2 Å². The number of pyridine rings is 1. The number of fused-ring (bicyclic) bond motifs is 1. The van der Waals surface area contributed by atoms with Crippen molar-refractivity contribution >= 4 is 68.7 Å². The fraction of sp³-hybridized carbons (Fsp3) is 0.200. The second-order valence-electron chi connectivity index (χ2n) is 7.05. The number of hydrogen-bond acceptors (Lipinski definition) is 5. The lowest BCUT2D eigenvalue weighted by molar-refractivity contribution is -0.383. The molecule has 0 saturated carbocycles. The monoisotopic (exact) mass is 467 g/mol. The smallest absolute Gasteiger partial charge is 0.282 e. The molecule has 0 saturated heterocycles. The first-order valence-corrected chi connectivity index (χ1v) is 10.0. The number of benzene rings is 2. The van der Waals surface area contributed by atoms with Gasteiger partial charge in [0.25, 0.3) is 5.69 Å². The normalized spacial score (nSPS) is 11.1. The molecule has 0 aliphatic carbocycles. The SMILES string of the molecule is CC(C)CC(=O)c1c(Nc2cc(Cl)ccc2Cl)[nH]c2c(Cl)ccc([N+](=O)[O-])c2c1=O. The predicted molar refractivity (Wildman–Crippen MR) is 120 cm³/mol. The summed E-state index contributed by atoms with van der Waals surface area (Å²) in [6, 6.07) is 7.11. The molecule has 2 N–H and O–H groups in total. The molecule has 0 amide bonds. The van der Waals surface area contributed by atoms with Crippen molar-refractivity contribution in [2.75, 3.05) is 5.32 Å². The number of aromatic amines is 1. The van der Waals surface area contributed by atoms with Crippen LogP contribution in [-0.2, 0) is 0 Å². The number of nitrogens with one attached hydrogen (secondary N) is 2. The van der Waals surface area contributed by atoms with Crippen LogP contribution in [0.5, 0.6) is 0 Å². The maximum atomic E-state index is 13.3. The van der Waals surface area contributed by atoms with E-state index in [1.807, 2.05) is 13.8 Å². The minimum atomic E-state index is -0.788. The highest BCUT2D eigenvalue weighted by Crippen LogP contribution is 2.33. The Balaban J connectivity index is 2.35. The first-order valence-electron chi connectivity index (χ1n) is 8.88. The van der Waals surface area contributed by atoms with Gasteiger partial charge in [0.05, 0.1) is 26.2 Å². The van der Waals surface area contributed by atoms with Gasteiger partial charge in [0, 0.05) is 17.5 Å². The van der Waals surface area contributed by atoms with Crippen LogP contribution in [0.3, 0.4) is 0 Å². The maximum Gasteiger partial charge on any atom is 0.282 e. The van der Waals surface area contributed by atoms with Crippen LogP contribution in [0.2, 0.25) is 15.1 Å². The Morgan fingerprint density at radius 3 is 2.47 bits per heavy atom. The highest BCUT2D eigenvalue weighted by atomic mass is 35.5. The van der Waals surface area contributed by atoms with Crippen LogP contribution in [0.25, 0.3) is 10.9 Å². The fourth-order valence-corrected chi connectivity index (χ4v) is 3.60. The van der Waals surface area contributed by atoms with Gasteiger partial charge in [-0.2, -0.15) is 0 Å². The Kier molecular flexibility index (Phi) is 6.36. The van der Waals surface area contributed by atoms with Gasteiger partial charge < -0.3 is 10.3 Å². The summed E-state index contributed by atoms with van der Waals surface area (Å²) in [5.74, 6) is -0.475. The first kappa shape index (κ1) is 22.1. The molecule has 0 aliphatic rings. The van der Waals surface area contributed by atoms with Gasteiger partial charge in [-0.25, -0.2) is 0 Å². The van der Waals surface area contributed by atoms with E-state index in [1.54, 1.807) is 12.1 Å². The summed E-state index contributed by atoms with van der Waals surface area (Å²) in [6.07, 6.45) is 0.0703. The zero-order chi connectivity index (χ0) is 22.2. The van der Waals surface area contributed by atoms with Gasteiger partial charge in [0.2, 0.25) is 5.43 Å². The van der Waals surface area contributed by atoms with Crippen LogP contribution < -0.4 is 10.7 Å². The Bertz CT molecular complexity index is 1240. The van der Waals surface area contributed by atoms with Crippen LogP contribution >= 0.6 is 34.8 Å². The highest BCUT2D eigenvalue weighted by molar-refractivity contribution is 6.36. The number of rotatable bonds is 6. The average molecular weight is 469 g/mol. The van der Waals surface area contributed by atoms with Crippen molar-refractivity contribution in [2.45, 2.75) is 20.3 Å². The van der Waals surface area contributed by atoms with E-state index in [9.17, 15) is 19.7 Å². The molecule has 0 aliphatic heterocycles. The second-order valence-corrected chi connectivity index (χ2v) is 8.30. The number of non-ortho nitro benzene ring substituents is 1. The molecule has 156 valence electrons. The number of halogens is 3. The lowest BCUT2D eigenvalue weighted by Crippen LogP contribution is -2.21. The quantitative estimate of drug-likeness (QED) is 0.248. The Morgan fingerprint density at radius 2 is 1.83 bits per heavy atom. The number of aromatic nitrogens is 1. The zero-order valence-electron chi connectivity index (χ0n) is 15.9. The van der Waals surface area contributed by atoms with Crippen LogP contribution in [0.1, 0.15) is 30.6 Å². The van der Waals surface area contributed by atoms with Gasteiger partial charge in [-0.3, -0.25) is 19.7 Å². The number of nitro groups is 1. The average Bonchev–Trinajstić information content (AvgIpc) is 2.64. The van der Waals surface area contributed by atoms with Crippen molar-refractivity contribution in [3.63, 3.8) is 0 Å². The minimum Gasteiger partial charge on any atom is -0.340 e. The van der Waals surface area contributed by atoms with Crippen LogP contribution in [0, 0.1) is 16.0 Å². The fourth-order valence-electron chi connectivity index (χ4n) is 3.06. The van der Waals surface area contributed by atoms with E-state index in [0.717, 1.165) is 6.07 Å². The number of ketones is 1. The van der Waals surface area contributed by atoms with Crippen LogP contribution in [-0.4, -0.2) is 15.7 Å². The van der Waals surface area contributed by atoms with E-state index in [0.29, 0.717) is 15.7 Å². The van der Waals surface area contributed by atoms with Crippen molar-refractivity contribution in [1.29, 1.82) is 0 Å². The number of H-pyrrole nitrogens is 1. The number of carbonyl (C=O) groups excluding carboxylic acids is 1. The van der Waals surface area contributed by atoms with Crippen molar-refractivity contribution in [1.82, 2.24) is 4.98 Å². The third kappa shape index (κ3) is 4.28. The van der Waals surface area contributed by atoms with Gasteiger partial charge in [-0.15, -0.1) is 0 Å². The van der Waals surface area contributed by atoms with E-state index >= 15 is 0 Å². The summed E-state index contributed by atoms with van der Waals surface area (Å²) in [5, 5.41) is 14.9. The van der Waals surface area contributed by atoms with E-state index in [4.69, 9.17) is 34.8 Å². The summed E-state index contributed by atoms with van der Waals surface area (Å²) < 4.78 is 0. The summed E-state index contributed by atoms with van der Waals surface area (Å²) in [4.78, 5) is 39.9. The molecule has 0 atom stereocenters. The molecule has 7 nitrogen and oxygen atoms in total. The van der Waals surface area contributed by atoms with Crippen molar-refractivity contribution in [2.24, 2.45) is 5.92 Å². The molecule has 30 heavy (non-hydrogen) atoms. The van der Waals surface area contributed by atoms with Gasteiger partial charge in [0.1, 0.15) is 16.8 Å². The largest absolute Gasteiger partial charge is 0.340 e. The molecule has 0 bridgehead atoms. The number of anilines is 2. The molecule has 0 radical (unpaired) electrons. The molecule has 1 aromatic heterocycles. The molecule has 3 rings (SSSR count).